The van der Waals surface area contributed by atoms with E-state index in [0.717, 1.165) is 3.57 Å². The predicted octanol–water partition coefficient (Wildman–Crippen LogP) is 1.76. The number of rotatable bonds is 4. The average molecular weight is 464 g/mol. The van der Waals surface area contributed by atoms with Gasteiger partial charge in [0, 0.05) is 54.7 Å². The van der Waals surface area contributed by atoms with Crippen LogP contribution in [0.1, 0.15) is 23.7 Å². The van der Waals surface area contributed by atoms with E-state index in [2.05, 4.69) is 27.9 Å². The van der Waals surface area contributed by atoms with Crippen molar-refractivity contribution in [3.8, 4) is 0 Å². The zero-order chi connectivity index (χ0) is 17.7. The molecule has 0 unspecified atom stereocenters. The van der Waals surface area contributed by atoms with Gasteiger partial charge in [-0.2, -0.15) is 0 Å². The third kappa shape index (κ3) is 5.07. The quantitative estimate of drug-likeness (QED) is 0.692. The highest BCUT2D eigenvalue weighted by atomic mass is 127. The maximum atomic E-state index is 12.2. The van der Waals surface area contributed by atoms with Crippen LogP contribution in [0.15, 0.2) is 18.2 Å². The van der Waals surface area contributed by atoms with Gasteiger partial charge in [-0.25, -0.2) is 0 Å². The van der Waals surface area contributed by atoms with Crippen molar-refractivity contribution in [3.63, 3.8) is 0 Å². The third-order valence-corrected chi connectivity index (χ3v) is 5.05. The van der Waals surface area contributed by atoms with Gasteiger partial charge in [0.05, 0.1) is 5.56 Å². The van der Waals surface area contributed by atoms with Gasteiger partial charge in [-0.15, -0.1) is 0 Å². The minimum absolute atomic E-state index is 0.0145. The summed E-state index contributed by atoms with van der Waals surface area (Å²) in [5.41, 5.74) is 0.505. The highest BCUT2D eigenvalue weighted by molar-refractivity contribution is 14.1. The van der Waals surface area contributed by atoms with E-state index >= 15 is 0 Å². The maximum absolute atomic E-state index is 12.2. The fraction of sp³-hybridized carbons (Fsp3) is 0.438. The van der Waals surface area contributed by atoms with Crippen molar-refractivity contribution < 1.29 is 14.4 Å². The van der Waals surface area contributed by atoms with Crippen molar-refractivity contribution in [1.29, 1.82) is 0 Å². The lowest BCUT2D eigenvalue weighted by molar-refractivity contribution is -0.138. The molecule has 1 heterocycles. The number of hydrogen-bond donors (Lipinski definition) is 1. The SMILES string of the molecule is CC(=O)N1CCN(C(=O)CCNC(=O)c2cc(Cl)ccc2I)CC1. The largest absolute Gasteiger partial charge is 0.351 e. The summed E-state index contributed by atoms with van der Waals surface area (Å²) >= 11 is 7.98. The molecule has 3 amide bonds. The first-order valence-corrected chi connectivity index (χ1v) is 9.10. The van der Waals surface area contributed by atoms with Crippen molar-refractivity contribution in [2.75, 3.05) is 32.7 Å². The van der Waals surface area contributed by atoms with Gasteiger partial charge in [-0.1, -0.05) is 11.6 Å². The van der Waals surface area contributed by atoms with Gasteiger partial charge >= 0.3 is 0 Å². The number of hydrogen-bond acceptors (Lipinski definition) is 3. The standard InChI is InChI=1S/C16H19ClIN3O3/c1-11(22)20-6-8-21(9-7-20)15(23)4-5-19-16(24)13-10-12(17)2-3-14(13)18/h2-3,10H,4-9H2,1H3,(H,19,24). The van der Waals surface area contributed by atoms with Crippen LogP contribution >= 0.6 is 34.2 Å². The van der Waals surface area contributed by atoms with Crippen LogP contribution in [0.4, 0.5) is 0 Å². The second-order valence-corrected chi connectivity index (χ2v) is 7.12. The van der Waals surface area contributed by atoms with Gasteiger partial charge in [-0.3, -0.25) is 14.4 Å². The van der Waals surface area contributed by atoms with Gasteiger partial charge in [-0.05, 0) is 40.8 Å². The molecule has 0 radical (unpaired) electrons. The van der Waals surface area contributed by atoms with Crippen LogP contribution in [-0.4, -0.2) is 60.2 Å². The van der Waals surface area contributed by atoms with E-state index in [0.29, 0.717) is 36.8 Å². The van der Waals surface area contributed by atoms with Crippen molar-refractivity contribution >= 4 is 51.9 Å². The molecule has 1 saturated heterocycles. The summed E-state index contributed by atoms with van der Waals surface area (Å²) in [6, 6.07) is 5.11. The molecule has 1 aromatic carbocycles. The summed E-state index contributed by atoms with van der Waals surface area (Å²) in [6.45, 7) is 4.01. The van der Waals surface area contributed by atoms with Crippen LogP contribution in [0.5, 0.6) is 0 Å². The molecule has 0 spiro atoms. The van der Waals surface area contributed by atoms with Crippen molar-refractivity contribution in [2.45, 2.75) is 13.3 Å². The zero-order valence-electron chi connectivity index (χ0n) is 13.3. The van der Waals surface area contributed by atoms with Crippen LogP contribution in [0.25, 0.3) is 0 Å². The number of carbonyl (C=O) groups is 3. The smallest absolute Gasteiger partial charge is 0.252 e. The minimum Gasteiger partial charge on any atom is -0.351 e. The van der Waals surface area contributed by atoms with Crippen LogP contribution in [0, 0.1) is 3.57 Å². The Bertz CT molecular complexity index is 645. The Morgan fingerprint density at radius 2 is 1.79 bits per heavy atom. The molecule has 24 heavy (non-hydrogen) atoms. The molecule has 0 bridgehead atoms. The summed E-state index contributed by atoms with van der Waals surface area (Å²) in [6.07, 6.45) is 0.239. The number of piperazine rings is 1. The normalized spacial score (nSPS) is 14.5. The highest BCUT2D eigenvalue weighted by Crippen LogP contribution is 2.17. The molecule has 130 valence electrons. The molecular weight excluding hydrogens is 445 g/mol. The van der Waals surface area contributed by atoms with Gasteiger partial charge in [0.1, 0.15) is 0 Å². The van der Waals surface area contributed by atoms with E-state index in [-0.39, 0.29) is 30.7 Å². The van der Waals surface area contributed by atoms with Crippen LogP contribution < -0.4 is 5.32 Å². The molecule has 1 aliphatic heterocycles. The van der Waals surface area contributed by atoms with Gasteiger partial charge in [0.2, 0.25) is 11.8 Å². The molecule has 1 N–H and O–H groups in total. The third-order valence-electron chi connectivity index (χ3n) is 3.88. The first-order valence-electron chi connectivity index (χ1n) is 7.65. The van der Waals surface area contributed by atoms with E-state index < -0.39 is 0 Å². The van der Waals surface area contributed by atoms with Crippen LogP contribution in [0.2, 0.25) is 5.02 Å². The van der Waals surface area contributed by atoms with E-state index in [4.69, 9.17) is 11.6 Å². The predicted molar refractivity (Wildman–Crippen MR) is 100.0 cm³/mol. The highest BCUT2D eigenvalue weighted by Gasteiger charge is 2.22. The fourth-order valence-corrected chi connectivity index (χ4v) is 3.23. The fourth-order valence-electron chi connectivity index (χ4n) is 2.48. The molecule has 6 nitrogen and oxygen atoms in total. The van der Waals surface area contributed by atoms with E-state index in [1.165, 1.54) is 6.92 Å². The molecule has 1 aliphatic rings. The molecule has 0 aromatic heterocycles. The van der Waals surface area contributed by atoms with Crippen LogP contribution in [-0.2, 0) is 9.59 Å². The Kier molecular flexibility index (Phi) is 6.85. The Hall–Kier alpha value is -1.35. The van der Waals surface area contributed by atoms with E-state index in [9.17, 15) is 14.4 Å². The number of halogens is 2. The Morgan fingerprint density at radius 1 is 1.17 bits per heavy atom. The molecule has 0 aliphatic carbocycles. The molecule has 2 rings (SSSR count). The van der Waals surface area contributed by atoms with Crippen LogP contribution in [0.3, 0.4) is 0 Å². The second-order valence-electron chi connectivity index (χ2n) is 5.52. The van der Waals surface area contributed by atoms with Crippen molar-refractivity contribution in [1.82, 2.24) is 15.1 Å². The molecule has 1 aromatic rings. The number of nitrogens with zero attached hydrogens (tertiary/aromatic N) is 2. The lowest BCUT2D eigenvalue weighted by Gasteiger charge is -2.34. The van der Waals surface area contributed by atoms with E-state index in [1.54, 1.807) is 28.0 Å². The van der Waals surface area contributed by atoms with Gasteiger partial charge in [0.25, 0.3) is 5.91 Å². The first kappa shape index (κ1) is 19.0. The second kappa shape index (κ2) is 8.66. The first-order chi connectivity index (χ1) is 11.4. The summed E-state index contributed by atoms with van der Waals surface area (Å²) < 4.78 is 0.807. The summed E-state index contributed by atoms with van der Waals surface area (Å²) in [7, 11) is 0. The monoisotopic (exact) mass is 463 g/mol. The molecule has 1 fully saturated rings. The van der Waals surface area contributed by atoms with Gasteiger partial charge in [0.15, 0.2) is 0 Å². The molecule has 0 saturated carbocycles. The number of amides is 3. The Morgan fingerprint density at radius 3 is 2.42 bits per heavy atom. The Balaban J connectivity index is 1.78. The Labute approximate surface area is 159 Å². The van der Waals surface area contributed by atoms with Crippen molar-refractivity contribution in [2.24, 2.45) is 0 Å². The minimum atomic E-state index is -0.240. The number of benzene rings is 1. The zero-order valence-corrected chi connectivity index (χ0v) is 16.3. The maximum Gasteiger partial charge on any atom is 0.252 e. The summed E-state index contributed by atoms with van der Waals surface area (Å²) in [5.74, 6) is -0.221. The number of carbonyl (C=O) groups excluding carboxylic acids is 3. The number of nitrogens with one attached hydrogen (secondary N) is 1. The average Bonchev–Trinajstić information content (AvgIpc) is 2.56. The van der Waals surface area contributed by atoms with Gasteiger partial charge < -0.3 is 15.1 Å². The molecule has 8 heteroatoms. The topological polar surface area (TPSA) is 69.7 Å². The summed E-state index contributed by atoms with van der Waals surface area (Å²) in [5, 5.41) is 3.25. The van der Waals surface area contributed by atoms with E-state index in [1.807, 2.05) is 0 Å². The molecular formula is C16H19ClIN3O3. The lowest BCUT2D eigenvalue weighted by atomic mass is 10.2. The summed E-state index contributed by atoms with van der Waals surface area (Å²) in [4.78, 5) is 39.0. The lowest BCUT2D eigenvalue weighted by Crippen LogP contribution is -2.50. The molecule has 0 atom stereocenters. The van der Waals surface area contributed by atoms with Crippen molar-refractivity contribution in [3.05, 3.63) is 32.4 Å².